The van der Waals surface area contributed by atoms with Crippen molar-refractivity contribution in [3.63, 3.8) is 0 Å². The van der Waals surface area contributed by atoms with Crippen LogP contribution in [0.25, 0.3) is 11.0 Å². The molecule has 0 spiro atoms. The van der Waals surface area contributed by atoms with Crippen LogP contribution in [-0.2, 0) is 0 Å². The largest absolute Gasteiger partial charge is 0.493 e. The fourth-order valence-corrected chi connectivity index (χ4v) is 3.71. The second-order valence-corrected chi connectivity index (χ2v) is 7.00. The Morgan fingerprint density at radius 1 is 1.17 bits per heavy atom. The molecule has 1 atom stereocenters. The van der Waals surface area contributed by atoms with Gasteiger partial charge in [0.25, 0.3) is 5.91 Å². The van der Waals surface area contributed by atoms with Crippen molar-refractivity contribution >= 4 is 16.9 Å². The van der Waals surface area contributed by atoms with Crippen LogP contribution in [0.2, 0.25) is 0 Å². The summed E-state index contributed by atoms with van der Waals surface area (Å²) in [7, 11) is 3.20. The van der Waals surface area contributed by atoms with E-state index in [2.05, 4.69) is 6.58 Å². The average Bonchev–Trinajstić information content (AvgIpc) is 2.98. The number of rotatable bonds is 5. The van der Waals surface area contributed by atoms with Gasteiger partial charge in [-0.25, -0.2) is 0 Å². The van der Waals surface area contributed by atoms with Crippen LogP contribution in [0.4, 0.5) is 0 Å². The minimum atomic E-state index is -0.569. The van der Waals surface area contributed by atoms with Gasteiger partial charge in [-0.2, -0.15) is 0 Å². The molecule has 0 fully saturated rings. The smallest absolute Gasteiger partial charge is 0.290 e. The van der Waals surface area contributed by atoms with Crippen LogP contribution in [0.15, 0.2) is 58.3 Å². The predicted molar refractivity (Wildman–Crippen MR) is 110 cm³/mol. The molecular weight excluding hydrogens is 370 g/mol. The van der Waals surface area contributed by atoms with E-state index >= 15 is 0 Å². The summed E-state index contributed by atoms with van der Waals surface area (Å²) in [4.78, 5) is 27.7. The molecule has 6 heteroatoms. The Labute approximate surface area is 168 Å². The minimum absolute atomic E-state index is 0.0878. The monoisotopic (exact) mass is 391 g/mol. The van der Waals surface area contributed by atoms with Crippen LogP contribution in [0.5, 0.6) is 11.5 Å². The Hall–Kier alpha value is -3.54. The van der Waals surface area contributed by atoms with Crippen LogP contribution < -0.4 is 14.9 Å². The van der Waals surface area contributed by atoms with Gasteiger partial charge in [-0.1, -0.05) is 30.4 Å². The molecule has 6 nitrogen and oxygen atoms in total. The summed E-state index contributed by atoms with van der Waals surface area (Å²) >= 11 is 0. The number of carbonyl (C=O) groups is 1. The van der Waals surface area contributed by atoms with Crippen molar-refractivity contribution in [2.45, 2.75) is 13.0 Å². The third-order valence-electron chi connectivity index (χ3n) is 5.12. The SMILES string of the molecule is C=CCOc1ccc(C2c3c(oc4ccc(C)cc4c3=O)C(=O)N2C)cc1OC. The van der Waals surface area contributed by atoms with Crippen molar-refractivity contribution in [1.29, 1.82) is 0 Å². The number of carbonyl (C=O) groups excluding carboxylic acids is 1. The normalized spacial score (nSPS) is 15.5. The molecule has 1 aromatic heterocycles. The molecule has 0 bridgehead atoms. The van der Waals surface area contributed by atoms with E-state index in [0.29, 0.717) is 34.6 Å². The average molecular weight is 391 g/mol. The van der Waals surface area contributed by atoms with Crippen molar-refractivity contribution in [2.24, 2.45) is 0 Å². The number of methoxy groups -OCH3 is 1. The summed E-state index contributed by atoms with van der Waals surface area (Å²) in [5, 5.41) is 0.467. The highest BCUT2D eigenvalue weighted by Crippen LogP contribution is 2.40. The molecule has 0 saturated carbocycles. The van der Waals surface area contributed by atoms with E-state index in [9.17, 15) is 9.59 Å². The summed E-state index contributed by atoms with van der Waals surface area (Å²) < 4.78 is 16.9. The van der Waals surface area contributed by atoms with Crippen LogP contribution in [0.3, 0.4) is 0 Å². The van der Waals surface area contributed by atoms with Gasteiger partial charge < -0.3 is 18.8 Å². The topological polar surface area (TPSA) is 69.0 Å². The van der Waals surface area contributed by atoms with Crippen molar-refractivity contribution in [3.05, 3.63) is 81.7 Å². The van der Waals surface area contributed by atoms with E-state index in [1.807, 2.05) is 19.1 Å². The second kappa shape index (κ2) is 7.13. The lowest BCUT2D eigenvalue weighted by atomic mass is 9.98. The summed E-state index contributed by atoms with van der Waals surface area (Å²) in [6.45, 7) is 5.89. The van der Waals surface area contributed by atoms with Crippen LogP contribution in [0, 0.1) is 6.92 Å². The first-order valence-corrected chi connectivity index (χ1v) is 9.22. The van der Waals surface area contributed by atoms with Gasteiger partial charge in [0.2, 0.25) is 5.76 Å². The van der Waals surface area contributed by atoms with Crippen molar-refractivity contribution in [3.8, 4) is 11.5 Å². The maximum absolute atomic E-state index is 13.3. The van der Waals surface area contributed by atoms with E-state index in [1.54, 1.807) is 44.5 Å². The van der Waals surface area contributed by atoms with Gasteiger partial charge in [-0.05, 0) is 36.8 Å². The third-order valence-corrected chi connectivity index (χ3v) is 5.12. The minimum Gasteiger partial charge on any atom is -0.493 e. The third kappa shape index (κ3) is 2.97. The molecule has 4 rings (SSSR count). The molecule has 3 aromatic rings. The lowest BCUT2D eigenvalue weighted by Gasteiger charge is -2.21. The molecule has 2 heterocycles. The summed E-state index contributed by atoms with van der Waals surface area (Å²) in [6.07, 6.45) is 1.64. The molecule has 0 saturated heterocycles. The maximum atomic E-state index is 13.3. The van der Waals surface area contributed by atoms with Gasteiger partial charge >= 0.3 is 0 Å². The molecule has 1 aliphatic heterocycles. The molecule has 148 valence electrons. The lowest BCUT2D eigenvalue weighted by molar-refractivity contribution is 0.0771. The van der Waals surface area contributed by atoms with E-state index in [1.165, 1.54) is 4.90 Å². The molecule has 29 heavy (non-hydrogen) atoms. The molecule has 0 radical (unpaired) electrons. The van der Waals surface area contributed by atoms with Crippen LogP contribution >= 0.6 is 0 Å². The quantitative estimate of drug-likeness (QED) is 0.618. The zero-order valence-corrected chi connectivity index (χ0v) is 16.5. The molecule has 0 N–H and O–H groups in total. The number of nitrogens with zero attached hydrogens (tertiary/aromatic N) is 1. The molecule has 2 aromatic carbocycles. The number of hydrogen-bond donors (Lipinski definition) is 0. The first-order chi connectivity index (χ1) is 14.0. The first-order valence-electron chi connectivity index (χ1n) is 9.22. The summed E-state index contributed by atoms with van der Waals surface area (Å²) in [5.74, 6) is 0.838. The van der Waals surface area contributed by atoms with Crippen LogP contribution in [0.1, 0.15) is 33.3 Å². The van der Waals surface area contributed by atoms with Gasteiger partial charge in [-0.3, -0.25) is 9.59 Å². The van der Waals surface area contributed by atoms with Gasteiger partial charge in [0.1, 0.15) is 12.2 Å². The molecule has 1 unspecified atom stereocenters. The highest BCUT2D eigenvalue weighted by Gasteiger charge is 2.41. The number of ether oxygens (including phenoxy) is 2. The molecule has 1 aliphatic rings. The molecular formula is C23H21NO5. The van der Waals surface area contributed by atoms with E-state index < -0.39 is 6.04 Å². The summed E-state index contributed by atoms with van der Waals surface area (Å²) in [5.41, 5.74) is 2.24. The number of benzene rings is 2. The van der Waals surface area contributed by atoms with Gasteiger partial charge in [0, 0.05) is 7.05 Å². The number of amides is 1. The number of fused-ring (bicyclic) bond motifs is 2. The highest BCUT2D eigenvalue weighted by atomic mass is 16.5. The Kier molecular flexibility index (Phi) is 4.62. The maximum Gasteiger partial charge on any atom is 0.290 e. The van der Waals surface area contributed by atoms with Crippen molar-refractivity contribution < 1.29 is 18.7 Å². The number of hydrogen-bond acceptors (Lipinski definition) is 5. The Morgan fingerprint density at radius 2 is 1.97 bits per heavy atom. The second-order valence-electron chi connectivity index (χ2n) is 7.00. The van der Waals surface area contributed by atoms with Gasteiger partial charge in [-0.15, -0.1) is 0 Å². The number of aryl methyl sites for hydroxylation is 1. The predicted octanol–water partition coefficient (Wildman–Crippen LogP) is 3.85. The molecule has 0 aliphatic carbocycles. The van der Waals surface area contributed by atoms with Crippen molar-refractivity contribution in [2.75, 3.05) is 20.8 Å². The first kappa shape index (κ1) is 18.8. The Balaban J connectivity index is 1.90. The fourth-order valence-electron chi connectivity index (χ4n) is 3.71. The standard InChI is InChI=1S/C23H21NO5/c1-5-10-28-17-9-7-14(12-18(17)27-4)20-19-21(25)15-11-13(2)6-8-16(15)29-22(19)23(26)24(20)3/h5-9,11-12,20H,1,10H2,2-4H3. The summed E-state index contributed by atoms with van der Waals surface area (Å²) in [6, 6.07) is 10.2. The van der Waals surface area contributed by atoms with E-state index in [0.717, 1.165) is 11.1 Å². The lowest BCUT2D eigenvalue weighted by Crippen LogP contribution is -2.25. The van der Waals surface area contributed by atoms with E-state index in [-0.39, 0.29) is 17.1 Å². The van der Waals surface area contributed by atoms with Crippen molar-refractivity contribution in [1.82, 2.24) is 4.90 Å². The Bertz CT molecular complexity index is 1190. The van der Waals surface area contributed by atoms with Gasteiger partial charge in [0.05, 0.1) is 24.1 Å². The highest BCUT2D eigenvalue weighted by molar-refractivity contribution is 5.98. The zero-order valence-electron chi connectivity index (χ0n) is 16.5. The van der Waals surface area contributed by atoms with Crippen LogP contribution in [-0.4, -0.2) is 31.6 Å². The van der Waals surface area contributed by atoms with Gasteiger partial charge in [0.15, 0.2) is 16.9 Å². The van der Waals surface area contributed by atoms with E-state index in [4.69, 9.17) is 13.9 Å². The zero-order chi connectivity index (χ0) is 20.7. The Morgan fingerprint density at radius 3 is 2.69 bits per heavy atom. The molecule has 1 amide bonds. The fraction of sp³-hybridized carbons (Fsp3) is 0.217.